The summed E-state index contributed by atoms with van der Waals surface area (Å²) in [5.41, 5.74) is 2.25. The molecule has 3 atom stereocenters. The Balaban J connectivity index is 6.08. The number of esters is 4. The van der Waals surface area contributed by atoms with Gasteiger partial charge in [-0.3, -0.25) is 24.0 Å². The topological polar surface area (TPSA) is 219 Å². The molecular formula is C37H66N4O11. The molecule has 5 N–H and O–H groups in total. The van der Waals surface area contributed by atoms with Gasteiger partial charge in [-0.2, -0.15) is 0 Å². The molecule has 300 valence electrons. The maximum Gasteiger partial charge on any atom is 0.329 e. The van der Waals surface area contributed by atoms with Crippen LogP contribution in [-0.2, 0) is 52.5 Å². The van der Waals surface area contributed by atoms with Gasteiger partial charge in [-0.25, -0.2) is 9.59 Å². The molecule has 15 nitrogen and oxygen atoms in total. The van der Waals surface area contributed by atoms with Crippen molar-refractivity contribution in [3.8, 4) is 0 Å². The van der Waals surface area contributed by atoms with E-state index >= 15 is 0 Å². The molecule has 0 heterocycles. The lowest BCUT2D eigenvalue weighted by molar-refractivity contribution is -0.161. The highest BCUT2D eigenvalue weighted by Crippen LogP contribution is 2.16. The molecule has 3 unspecified atom stereocenters. The van der Waals surface area contributed by atoms with Crippen molar-refractivity contribution < 1.29 is 52.5 Å². The van der Waals surface area contributed by atoms with Crippen LogP contribution in [0.1, 0.15) is 147 Å². The molecule has 0 aromatic rings. The molecule has 15 heteroatoms. The number of nitrogens with one attached hydrogen (secondary N) is 3. The van der Waals surface area contributed by atoms with Crippen LogP contribution < -0.4 is 21.7 Å². The summed E-state index contributed by atoms with van der Waals surface area (Å²) >= 11 is 0. The van der Waals surface area contributed by atoms with Crippen LogP contribution in [0.4, 0.5) is 0 Å². The summed E-state index contributed by atoms with van der Waals surface area (Å²) in [6.45, 7) is 20.7. The molecule has 0 saturated heterocycles. The molecule has 52 heavy (non-hydrogen) atoms. The third kappa shape index (κ3) is 25.2. The number of unbranched alkanes of at least 4 members (excludes halogenated alkanes) is 2. The van der Waals surface area contributed by atoms with E-state index in [4.69, 9.17) is 24.7 Å². The highest BCUT2D eigenvalue weighted by atomic mass is 16.6. The molecule has 0 radical (unpaired) electrons. The van der Waals surface area contributed by atoms with E-state index in [0.29, 0.717) is 19.4 Å². The van der Waals surface area contributed by atoms with Gasteiger partial charge in [0.15, 0.2) is 0 Å². The minimum atomic E-state index is -1.28. The van der Waals surface area contributed by atoms with Gasteiger partial charge in [0, 0.05) is 25.7 Å². The van der Waals surface area contributed by atoms with Crippen LogP contribution >= 0.6 is 0 Å². The smallest absolute Gasteiger partial charge is 0.329 e. The largest absolute Gasteiger partial charge is 0.460 e. The van der Waals surface area contributed by atoms with Gasteiger partial charge in [-0.15, -0.1) is 0 Å². The first-order valence-corrected chi connectivity index (χ1v) is 18.1. The van der Waals surface area contributed by atoms with E-state index in [1.165, 1.54) is 0 Å². The van der Waals surface area contributed by atoms with E-state index in [1.807, 2.05) is 0 Å². The summed E-state index contributed by atoms with van der Waals surface area (Å²) in [6.07, 6.45) is 0.847. The molecule has 0 saturated carbocycles. The quantitative estimate of drug-likeness (QED) is 0.0798. The zero-order valence-corrected chi connectivity index (χ0v) is 33.6. The van der Waals surface area contributed by atoms with Gasteiger partial charge in [0.25, 0.3) is 0 Å². The zero-order valence-electron chi connectivity index (χ0n) is 33.6. The highest BCUT2D eigenvalue weighted by molar-refractivity contribution is 5.92. The highest BCUT2D eigenvalue weighted by Gasteiger charge is 2.33. The van der Waals surface area contributed by atoms with Crippen molar-refractivity contribution in [2.45, 2.75) is 188 Å². The molecule has 3 amide bonds. The summed E-state index contributed by atoms with van der Waals surface area (Å²) in [7, 11) is 0. The van der Waals surface area contributed by atoms with Crippen molar-refractivity contribution in [2.24, 2.45) is 5.73 Å². The SMILES string of the molecule is CC(C)(C)OC(=O)CCC(NC(=O)CCC(NC(=O)CCCCCN)C(=O)NC(CCC(=O)OC(C)(C)C)C(=O)OC(C)(C)C)C(=O)OC(C)(C)C. The molecule has 0 aliphatic rings. The average Bonchev–Trinajstić information content (AvgIpc) is 2.93. The molecule has 0 bridgehead atoms. The van der Waals surface area contributed by atoms with Crippen molar-refractivity contribution >= 4 is 41.6 Å². The fourth-order valence-corrected chi connectivity index (χ4v) is 4.51. The van der Waals surface area contributed by atoms with E-state index < -0.39 is 82.1 Å². The van der Waals surface area contributed by atoms with Crippen LogP contribution in [0.3, 0.4) is 0 Å². The van der Waals surface area contributed by atoms with E-state index in [0.717, 1.165) is 6.42 Å². The first-order chi connectivity index (χ1) is 23.6. The van der Waals surface area contributed by atoms with Gasteiger partial charge in [-0.05, 0) is 122 Å². The number of hydrogen-bond donors (Lipinski definition) is 4. The Morgan fingerprint density at radius 2 is 0.827 bits per heavy atom. The van der Waals surface area contributed by atoms with Gasteiger partial charge in [0.2, 0.25) is 17.7 Å². The molecule has 0 fully saturated rings. The average molecular weight is 743 g/mol. The molecule has 0 aliphatic heterocycles. The van der Waals surface area contributed by atoms with E-state index in [1.54, 1.807) is 83.1 Å². The number of hydrogen-bond acceptors (Lipinski definition) is 12. The number of amides is 3. The Kier molecular flexibility index (Phi) is 20.1. The number of rotatable bonds is 20. The minimum absolute atomic E-state index is 0.0928. The second-order valence-corrected chi connectivity index (χ2v) is 16.8. The maximum atomic E-state index is 13.7. The fourth-order valence-electron chi connectivity index (χ4n) is 4.51. The number of nitrogens with two attached hydrogens (primary N) is 1. The Morgan fingerprint density at radius 1 is 0.462 bits per heavy atom. The Hall–Kier alpha value is -3.75. The summed E-state index contributed by atoms with van der Waals surface area (Å²) < 4.78 is 21.6. The molecule has 0 rings (SSSR count). The van der Waals surface area contributed by atoms with Crippen LogP contribution in [0.2, 0.25) is 0 Å². The molecule has 0 aromatic heterocycles. The lowest BCUT2D eigenvalue weighted by atomic mass is 10.1. The third-order valence-electron chi connectivity index (χ3n) is 6.57. The predicted octanol–water partition coefficient (Wildman–Crippen LogP) is 3.67. The van der Waals surface area contributed by atoms with Crippen LogP contribution in [0.5, 0.6) is 0 Å². The Bertz CT molecular complexity index is 1210. The van der Waals surface area contributed by atoms with Crippen LogP contribution in [0, 0.1) is 0 Å². The lowest BCUT2D eigenvalue weighted by Gasteiger charge is -2.27. The van der Waals surface area contributed by atoms with Gasteiger partial charge >= 0.3 is 23.9 Å². The van der Waals surface area contributed by atoms with Crippen molar-refractivity contribution in [3.05, 3.63) is 0 Å². The van der Waals surface area contributed by atoms with Crippen molar-refractivity contribution in [1.29, 1.82) is 0 Å². The normalized spacial score (nSPS) is 13.9. The summed E-state index contributed by atoms with van der Waals surface area (Å²) in [5, 5.41) is 7.82. The van der Waals surface area contributed by atoms with E-state index in [-0.39, 0.29) is 44.9 Å². The Labute approximate surface area is 309 Å². The Morgan fingerprint density at radius 3 is 1.23 bits per heavy atom. The van der Waals surface area contributed by atoms with Crippen LogP contribution in [0.25, 0.3) is 0 Å². The monoisotopic (exact) mass is 742 g/mol. The first kappa shape index (κ1) is 48.2. The van der Waals surface area contributed by atoms with Crippen molar-refractivity contribution in [1.82, 2.24) is 16.0 Å². The van der Waals surface area contributed by atoms with E-state index in [2.05, 4.69) is 16.0 Å². The van der Waals surface area contributed by atoms with Gasteiger partial charge in [0.1, 0.15) is 40.5 Å². The molecule has 0 aliphatic carbocycles. The first-order valence-electron chi connectivity index (χ1n) is 18.1. The third-order valence-corrected chi connectivity index (χ3v) is 6.57. The predicted molar refractivity (Wildman–Crippen MR) is 194 cm³/mol. The lowest BCUT2D eigenvalue weighted by Crippen LogP contribution is -2.53. The van der Waals surface area contributed by atoms with Crippen LogP contribution in [-0.4, -0.2) is 88.7 Å². The second kappa shape index (κ2) is 21.7. The summed E-state index contributed by atoms with van der Waals surface area (Å²) in [4.78, 5) is 90.8. The number of ether oxygens (including phenoxy) is 4. The van der Waals surface area contributed by atoms with Gasteiger partial charge in [0.05, 0.1) is 0 Å². The zero-order chi connectivity index (χ0) is 40.5. The second-order valence-electron chi connectivity index (χ2n) is 16.8. The van der Waals surface area contributed by atoms with Crippen LogP contribution in [0.15, 0.2) is 0 Å². The van der Waals surface area contributed by atoms with Gasteiger partial charge < -0.3 is 40.6 Å². The van der Waals surface area contributed by atoms with Crippen molar-refractivity contribution in [2.75, 3.05) is 6.54 Å². The summed E-state index contributed by atoms with van der Waals surface area (Å²) in [5.74, 6) is -4.58. The summed E-state index contributed by atoms with van der Waals surface area (Å²) in [6, 6.07) is -3.75. The molecule has 0 spiro atoms. The number of carbonyl (C=O) groups is 7. The number of carbonyl (C=O) groups excluding carboxylic acids is 7. The van der Waals surface area contributed by atoms with Crippen molar-refractivity contribution in [3.63, 3.8) is 0 Å². The minimum Gasteiger partial charge on any atom is -0.460 e. The fraction of sp³-hybridized carbons (Fsp3) is 0.811. The van der Waals surface area contributed by atoms with Gasteiger partial charge in [-0.1, -0.05) is 6.42 Å². The maximum absolute atomic E-state index is 13.7. The molecular weight excluding hydrogens is 676 g/mol. The molecule has 0 aromatic carbocycles. The standard InChI is InChI=1S/C37H66N4O11/c1-34(2,3)49-29(44)21-18-25(32(47)51-36(7,8)9)40-28(43)20-17-24(39-27(42)16-14-13-15-23-38)31(46)41-26(33(48)52-37(10,11)12)19-22-30(45)50-35(4,5)6/h24-26H,13-23,38H2,1-12H3,(H,39,42)(H,40,43)(H,41,46). The van der Waals surface area contributed by atoms with E-state index in [9.17, 15) is 33.6 Å².